The Morgan fingerprint density at radius 3 is 2.67 bits per heavy atom. The van der Waals surface area contributed by atoms with Crippen molar-refractivity contribution in [1.29, 1.82) is 0 Å². The van der Waals surface area contributed by atoms with Gasteiger partial charge in [0, 0.05) is 30.2 Å². The number of aromatic nitrogens is 4. The molecule has 0 spiro atoms. The highest BCUT2D eigenvalue weighted by atomic mass is 19.1. The molecule has 4 rings (SSSR count). The van der Waals surface area contributed by atoms with Gasteiger partial charge in [0.15, 0.2) is 17.0 Å². The molecule has 0 unspecified atom stereocenters. The molecule has 1 fully saturated rings. The maximum atomic E-state index is 14.6. The zero-order valence-electron chi connectivity index (χ0n) is 23.4. The van der Waals surface area contributed by atoms with E-state index in [2.05, 4.69) is 26.2 Å². The summed E-state index contributed by atoms with van der Waals surface area (Å²) < 4.78 is 27.9. The molecule has 1 aliphatic heterocycles. The number of hydrogen-bond donors (Lipinski definition) is 1. The van der Waals surface area contributed by atoms with Crippen molar-refractivity contribution in [3.05, 3.63) is 41.2 Å². The molecule has 1 amide bonds. The minimum absolute atomic E-state index is 0.00340. The SMILES string of the molecule is C#C[C@]1(CC)O[C@@H](n2cnc3c(NC(=O)CC(C)(C)c4c(C)cc(C)cc4OC(C)=O)nc(F)nc32)C[C@@H]1C. The minimum atomic E-state index is -1.00. The lowest BCUT2D eigenvalue weighted by molar-refractivity contribution is -0.131. The number of aryl methyl sites for hydroxylation is 2. The molecule has 1 N–H and O–H groups in total. The maximum Gasteiger partial charge on any atom is 0.312 e. The number of halogens is 1. The Morgan fingerprint density at radius 1 is 1.33 bits per heavy atom. The van der Waals surface area contributed by atoms with Crippen LogP contribution in [0.1, 0.15) is 76.8 Å². The lowest BCUT2D eigenvalue weighted by Crippen LogP contribution is -2.31. The minimum Gasteiger partial charge on any atom is -0.426 e. The molecule has 3 heterocycles. The van der Waals surface area contributed by atoms with Crippen LogP contribution in [0, 0.1) is 38.2 Å². The number of carbonyl (C=O) groups excluding carboxylic acids is 2. The maximum absolute atomic E-state index is 14.6. The number of benzene rings is 1. The van der Waals surface area contributed by atoms with E-state index in [0.717, 1.165) is 16.7 Å². The molecule has 10 heteroatoms. The number of rotatable bonds is 7. The number of carbonyl (C=O) groups is 2. The average Bonchev–Trinajstić information content (AvgIpc) is 3.38. The number of nitrogens with one attached hydrogen (secondary N) is 1. The van der Waals surface area contributed by atoms with Crippen LogP contribution < -0.4 is 10.1 Å². The standard InChI is InChI=1S/C29H34FN5O4/c1-9-29(10-2)18(5)13-22(39-29)35-15-31-24-25(33-27(30)34-26(24)35)32-21(37)14-28(7,8)23-17(4)11-16(3)12-20(23)38-19(6)36/h1,11-12,15,18,22H,10,13-14H2,2-8H3,(H,32,33,34,37)/t18-,22+,29+/m0/s1. The van der Waals surface area contributed by atoms with E-state index in [1.165, 1.54) is 13.3 Å². The predicted octanol–water partition coefficient (Wildman–Crippen LogP) is 5.15. The van der Waals surface area contributed by atoms with Gasteiger partial charge in [-0.2, -0.15) is 14.4 Å². The Labute approximate surface area is 227 Å². The van der Waals surface area contributed by atoms with Crippen LogP contribution in [0.5, 0.6) is 5.75 Å². The van der Waals surface area contributed by atoms with Gasteiger partial charge in [-0.3, -0.25) is 14.2 Å². The van der Waals surface area contributed by atoms with Gasteiger partial charge in [0.2, 0.25) is 5.91 Å². The number of nitrogens with zero attached hydrogens (tertiary/aromatic N) is 4. The van der Waals surface area contributed by atoms with E-state index >= 15 is 0 Å². The van der Waals surface area contributed by atoms with Crippen LogP contribution in [-0.4, -0.2) is 37.0 Å². The number of anilines is 1. The van der Waals surface area contributed by atoms with Gasteiger partial charge >= 0.3 is 12.0 Å². The molecule has 206 valence electrons. The van der Waals surface area contributed by atoms with Crippen LogP contribution in [0.3, 0.4) is 0 Å². The van der Waals surface area contributed by atoms with Crippen molar-refractivity contribution in [2.45, 2.75) is 85.0 Å². The highest BCUT2D eigenvalue weighted by molar-refractivity contribution is 5.97. The van der Waals surface area contributed by atoms with Crippen LogP contribution in [0.4, 0.5) is 10.2 Å². The van der Waals surface area contributed by atoms with E-state index in [1.54, 1.807) is 10.6 Å². The van der Waals surface area contributed by atoms with Gasteiger partial charge in [0.25, 0.3) is 0 Å². The van der Waals surface area contributed by atoms with Gasteiger partial charge in [-0.15, -0.1) is 6.42 Å². The summed E-state index contributed by atoms with van der Waals surface area (Å²) in [6, 6.07) is 3.75. The summed E-state index contributed by atoms with van der Waals surface area (Å²) >= 11 is 0. The first-order valence-corrected chi connectivity index (χ1v) is 13.0. The van der Waals surface area contributed by atoms with Crippen molar-refractivity contribution < 1.29 is 23.5 Å². The van der Waals surface area contributed by atoms with Crippen molar-refractivity contribution in [2.75, 3.05) is 5.32 Å². The fraction of sp³-hybridized carbons (Fsp3) is 0.483. The number of imidazole rings is 1. The Hall–Kier alpha value is -3.84. The van der Waals surface area contributed by atoms with Crippen molar-refractivity contribution >= 4 is 28.9 Å². The second-order valence-electron chi connectivity index (χ2n) is 10.9. The molecular formula is C29H34FN5O4. The fourth-order valence-corrected chi connectivity index (χ4v) is 5.67. The van der Waals surface area contributed by atoms with E-state index in [4.69, 9.17) is 15.9 Å². The molecule has 39 heavy (non-hydrogen) atoms. The fourth-order valence-electron chi connectivity index (χ4n) is 5.67. The first kappa shape index (κ1) is 28.2. The first-order chi connectivity index (χ1) is 18.3. The van der Waals surface area contributed by atoms with Crippen molar-refractivity contribution in [2.24, 2.45) is 5.92 Å². The second-order valence-corrected chi connectivity index (χ2v) is 10.9. The van der Waals surface area contributed by atoms with Gasteiger partial charge in [0.1, 0.15) is 17.6 Å². The molecule has 3 aromatic rings. The zero-order valence-corrected chi connectivity index (χ0v) is 23.4. The van der Waals surface area contributed by atoms with Crippen LogP contribution in [0.2, 0.25) is 0 Å². The number of esters is 1. The van der Waals surface area contributed by atoms with E-state index in [1.807, 2.05) is 47.6 Å². The lowest BCUT2D eigenvalue weighted by atomic mass is 9.78. The molecule has 0 bridgehead atoms. The Kier molecular flexibility index (Phi) is 7.50. The molecule has 2 aromatic heterocycles. The monoisotopic (exact) mass is 535 g/mol. The molecule has 0 saturated carbocycles. The molecule has 1 saturated heterocycles. The summed E-state index contributed by atoms with van der Waals surface area (Å²) in [5.74, 6) is 2.36. The largest absolute Gasteiger partial charge is 0.426 e. The van der Waals surface area contributed by atoms with Crippen molar-refractivity contribution in [3.8, 4) is 18.1 Å². The Morgan fingerprint density at radius 2 is 2.05 bits per heavy atom. The van der Waals surface area contributed by atoms with E-state index < -0.39 is 35.2 Å². The number of ether oxygens (including phenoxy) is 2. The lowest BCUT2D eigenvalue weighted by Gasteiger charge is -2.29. The summed E-state index contributed by atoms with van der Waals surface area (Å²) in [7, 11) is 0. The van der Waals surface area contributed by atoms with Crippen LogP contribution in [0.15, 0.2) is 18.5 Å². The normalized spacial score (nSPS) is 21.1. The number of amides is 1. The quantitative estimate of drug-likeness (QED) is 0.193. The molecule has 3 atom stereocenters. The summed E-state index contributed by atoms with van der Waals surface area (Å²) in [6.07, 6.45) is 7.03. The Balaban J connectivity index is 1.62. The van der Waals surface area contributed by atoms with Crippen molar-refractivity contribution in [3.63, 3.8) is 0 Å². The first-order valence-electron chi connectivity index (χ1n) is 13.0. The summed E-state index contributed by atoms with van der Waals surface area (Å²) in [5, 5.41) is 2.71. The van der Waals surface area contributed by atoms with E-state index in [0.29, 0.717) is 18.6 Å². The van der Waals surface area contributed by atoms with Gasteiger partial charge in [0.05, 0.1) is 6.33 Å². The van der Waals surface area contributed by atoms with Gasteiger partial charge in [-0.05, 0) is 43.9 Å². The molecule has 1 aromatic carbocycles. The third kappa shape index (κ3) is 5.36. The van der Waals surface area contributed by atoms with E-state index in [-0.39, 0.29) is 29.3 Å². The Bertz CT molecular complexity index is 1490. The smallest absolute Gasteiger partial charge is 0.312 e. The highest BCUT2D eigenvalue weighted by Gasteiger charge is 2.45. The summed E-state index contributed by atoms with van der Waals surface area (Å²) in [5.41, 5.74) is 1.53. The van der Waals surface area contributed by atoms with Gasteiger partial charge in [-0.25, -0.2) is 4.98 Å². The third-order valence-electron chi connectivity index (χ3n) is 7.41. The van der Waals surface area contributed by atoms with Crippen LogP contribution in [-0.2, 0) is 19.7 Å². The number of hydrogen-bond acceptors (Lipinski definition) is 7. The zero-order chi connectivity index (χ0) is 28.7. The summed E-state index contributed by atoms with van der Waals surface area (Å²) in [4.78, 5) is 37.1. The van der Waals surface area contributed by atoms with Crippen LogP contribution in [0.25, 0.3) is 11.2 Å². The molecule has 0 aliphatic carbocycles. The summed E-state index contributed by atoms with van der Waals surface area (Å²) in [6.45, 7) is 12.9. The average molecular weight is 536 g/mol. The van der Waals surface area contributed by atoms with E-state index in [9.17, 15) is 14.0 Å². The van der Waals surface area contributed by atoms with Gasteiger partial charge in [-0.1, -0.05) is 39.7 Å². The number of fused-ring (bicyclic) bond motifs is 1. The second kappa shape index (κ2) is 10.4. The molecule has 1 aliphatic rings. The van der Waals surface area contributed by atoms with Crippen molar-refractivity contribution in [1.82, 2.24) is 19.5 Å². The molecule has 9 nitrogen and oxygen atoms in total. The number of terminal acetylenes is 1. The topological polar surface area (TPSA) is 108 Å². The van der Waals surface area contributed by atoms with Crippen LogP contribution >= 0.6 is 0 Å². The third-order valence-corrected chi connectivity index (χ3v) is 7.41. The molecule has 0 radical (unpaired) electrons. The highest BCUT2D eigenvalue weighted by Crippen LogP contribution is 2.44. The van der Waals surface area contributed by atoms with Gasteiger partial charge < -0.3 is 14.8 Å². The molecular weight excluding hydrogens is 501 g/mol. The predicted molar refractivity (Wildman–Crippen MR) is 145 cm³/mol.